The van der Waals surface area contributed by atoms with Crippen LogP contribution in [0, 0.1) is 0 Å². The Morgan fingerprint density at radius 1 is 1.29 bits per heavy atom. The summed E-state index contributed by atoms with van der Waals surface area (Å²) in [6.45, 7) is 0. The molecule has 0 bridgehead atoms. The number of carbonyl (C=O) groups excluding carboxylic acids is 1. The lowest BCUT2D eigenvalue weighted by Gasteiger charge is -2.10. The zero-order valence-electron chi connectivity index (χ0n) is 8.87. The van der Waals surface area contributed by atoms with Gasteiger partial charge < -0.3 is 10.2 Å². The quantitative estimate of drug-likeness (QED) is 0.784. The van der Waals surface area contributed by atoms with Crippen molar-refractivity contribution in [3.63, 3.8) is 0 Å². The van der Waals surface area contributed by atoms with E-state index < -0.39 is 0 Å². The van der Waals surface area contributed by atoms with Gasteiger partial charge in [0.2, 0.25) is 5.91 Å². The van der Waals surface area contributed by atoms with Crippen LogP contribution < -0.4 is 5.32 Å². The first-order valence-corrected chi connectivity index (χ1v) is 4.60. The van der Waals surface area contributed by atoms with E-state index in [0.717, 1.165) is 11.3 Å². The molecule has 0 heterocycles. The predicted octanol–water partition coefficient (Wildman–Crippen LogP) is 1.36. The van der Waals surface area contributed by atoms with Crippen molar-refractivity contribution in [1.29, 1.82) is 0 Å². The number of nitrogens with one attached hydrogen (secondary N) is 1. The van der Waals surface area contributed by atoms with Gasteiger partial charge in [0.15, 0.2) is 0 Å². The van der Waals surface area contributed by atoms with Crippen molar-refractivity contribution in [3.05, 3.63) is 29.8 Å². The summed E-state index contributed by atoms with van der Waals surface area (Å²) in [7, 11) is 5.41. The molecule has 1 aromatic rings. The number of carbonyl (C=O) groups is 1. The molecule has 0 unspecified atom stereocenters. The van der Waals surface area contributed by atoms with Crippen LogP contribution in [0.5, 0.6) is 0 Å². The van der Waals surface area contributed by atoms with Gasteiger partial charge in [-0.1, -0.05) is 12.1 Å². The third-order valence-corrected chi connectivity index (χ3v) is 2.10. The van der Waals surface area contributed by atoms with E-state index >= 15 is 0 Å². The highest BCUT2D eigenvalue weighted by molar-refractivity contribution is 5.78. The molecule has 0 aliphatic heterocycles. The number of hydrogen-bond acceptors (Lipinski definition) is 2. The number of benzene rings is 1. The van der Waals surface area contributed by atoms with Crippen molar-refractivity contribution < 1.29 is 4.79 Å². The van der Waals surface area contributed by atoms with Crippen LogP contribution in [0.1, 0.15) is 5.56 Å². The fraction of sp³-hybridized carbons (Fsp3) is 0.364. The van der Waals surface area contributed by atoms with Gasteiger partial charge in [0.25, 0.3) is 0 Å². The maximum Gasteiger partial charge on any atom is 0.226 e. The summed E-state index contributed by atoms with van der Waals surface area (Å²) in [5.74, 6) is 0.127. The minimum absolute atomic E-state index is 0.127. The monoisotopic (exact) mass is 192 g/mol. The highest BCUT2D eigenvalue weighted by atomic mass is 16.2. The molecule has 1 aromatic carbocycles. The van der Waals surface area contributed by atoms with Crippen LogP contribution in [0.15, 0.2) is 24.3 Å². The maximum absolute atomic E-state index is 11.4. The second-order valence-electron chi connectivity index (χ2n) is 3.41. The van der Waals surface area contributed by atoms with E-state index in [1.165, 1.54) is 0 Å². The minimum Gasteiger partial charge on any atom is -0.388 e. The first-order valence-electron chi connectivity index (χ1n) is 4.60. The van der Waals surface area contributed by atoms with Crippen LogP contribution in [0.4, 0.5) is 5.69 Å². The van der Waals surface area contributed by atoms with E-state index in [1.54, 1.807) is 19.0 Å². The number of rotatable bonds is 3. The molecule has 1 N–H and O–H groups in total. The lowest BCUT2D eigenvalue weighted by Crippen LogP contribution is -2.23. The molecule has 0 spiro atoms. The summed E-state index contributed by atoms with van der Waals surface area (Å²) in [4.78, 5) is 13.0. The molecule has 0 aliphatic rings. The van der Waals surface area contributed by atoms with E-state index in [1.807, 2.05) is 31.3 Å². The van der Waals surface area contributed by atoms with Gasteiger partial charge in [0, 0.05) is 26.8 Å². The molecule has 0 radical (unpaired) electrons. The molecule has 0 aliphatic carbocycles. The summed E-state index contributed by atoms with van der Waals surface area (Å²) in [5.41, 5.74) is 2.11. The highest BCUT2D eigenvalue weighted by Gasteiger charge is 2.04. The smallest absolute Gasteiger partial charge is 0.226 e. The Morgan fingerprint density at radius 2 is 1.86 bits per heavy atom. The lowest BCUT2D eigenvalue weighted by atomic mass is 10.1. The standard InChI is InChI=1S/C11H16N2O/c1-12-10-6-4-9(5-7-10)8-11(14)13(2)3/h4-7,12H,8H2,1-3H3. The van der Waals surface area contributed by atoms with Crippen LogP contribution in [0.2, 0.25) is 0 Å². The molecular formula is C11H16N2O. The molecule has 14 heavy (non-hydrogen) atoms. The number of likely N-dealkylation sites (N-methyl/N-ethyl adjacent to an activating group) is 1. The van der Waals surface area contributed by atoms with Gasteiger partial charge >= 0.3 is 0 Å². The lowest BCUT2D eigenvalue weighted by molar-refractivity contribution is -0.127. The summed E-state index contributed by atoms with van der Waals surface area (Å²) < 4.78 is 0. The van der Waals surface area contributed by atoms with Gasteiger partial charge in [-0.2, -0.15) is 0 Å². The van der Waals surface area contributed by atoms with Crippen molar-refractivity contribution in [1.82, 2.24) is 4.90 Å². The molecule has 3 heteroatoms. The average Bonchev–Trinajstić information content (AvgIpc) is 2.19. The van der Waals surface area contributed by atoms with E-state index in [2.05, 4.69) is 5.32 Å². The molecule has 0 saturated carbocycles. The zero-order valence-corrected chi connectivity index (χ0v) is 8.87. The SMILES string of the molecule is CNc1ccc(CC(=O)N(C)C)cc1. The van der Waals surface area contributed by atoms with Gasteiger partial charge in [0.1, 0.15) is 0 Å². The second kappa shape index (κ2) is 4.65. The first-order chi connectivity index (χ1) is 6.63. The Morgan fingerprint density at radius 3 is 2.29 bits per heavy atom. The van der Waals surface area contributed by atoms with Crippen molar-refractivity contribution in [3.8, 4) is 0 Å². The number of hydrogen-bond donors (Lipinski definition) is 1. The Bertz CT molecular complexity index is 304. The average molecular weight is 192 g/mol. The molecule has 1 amide bonds. The predicted molar refractivity (Wildman–Crippen MR) is 58.4 cm³/mol. The fourth-order valence-corrected chi connectivity index (χ4v) is 1.12. The third kappa shape index (κ3) is 2.76. The van der Waals surface area contributed by atoms with Crippen LogP contribution in [-0.2, 0) is 11.2 Å². The Hall–Kier alpha value is -1.51. The van der Waals surface area contributed by atoms with E-state index in [4.69, 9.17) is 0 Å². The molecule has 0 fully saturated rings. The van der Waals surface area contributed by atoms with Gasteiger partial charge in [-0.05, 0) is 17.7 Å². The normalized spacial score (nSPS) is 9.64. The first kappa shape index (κ1) is 10.6. The van der Waals surface area contributed by atoms with Gasteiger partial charge in [-0.25, -0.2) is 0 Å². The topological polar surface area (TPSA) is 32.3 Å². The van der Waals surface area contributed by atoms with Crippen LogP contribution in [-0.4, -0.2) is 32.0 Å². The number of nitrogens with zero attached hydrogens (tertiary/aromatic N) is 1. The van der Waals surface area contributed by atoms with Crippen LogP contribution in [0.25, 0.3) is 0 Å². The fourth-order valence-electron chi connectivity index (χ4n) is 1.12. The summed E-state index contributed by atoms with van der Waals surface area (Å²) in [5, 5.41) is 3.03. The van der Waals surface area contributed by atoms with E-state index in [0.29, 0.717) is 6.42 Å². The molecule has 0 atom stereocenters. The van der Waals surface area contributed by atoms with Gasteiger partial charge in [-0.15, -0.1) is 0 Å². The third-order valence-electron chi connectivity index (χ3n) is 2.10. The summed E-state index contributed by atoms with van der Waals surface area (Å²) in [6, 6.07) is 7.87. The number of anilines is 1. The molecule has 0 saturated heterocycles. The molecule has 76 valence electrons. The Labute approximate surface area is 84.7 Å². The largest absolute Gasteiger partial charge is 0.388 e. The van der Waals surface area contributed by atoms with E-state index in [-0.39, 0.29) is 5.91 Å². The minimum atomic E-state index is 0.127. The van der Waals surface area contributed by atoms with Gasteiger partial charge in [0.05, 0.1) is 6.42 Å². The van der Waals surface area contributed by atoms with Crippen LogP contribution in [0.3, 0.4) is 0 Å². The van der Waals surface area contributed by atoms with E-state index in [9.17, 15) is 4.79 Å². The molecular weight excluding hydrogens is 176 g/mol. The highest BCUT2D eigenvalue weighted by Crippen LogP contribution is 2.09. The van der Waals surface area contributed by atoms with Crippen molar-refractivity contribution in [2.24, 2.45) is 0 Å². The molecule has 1 rings (SSSR count). The van der Waals surface area contributed by atoms with Gasteiger partial charge in [-0.3, -0.25) is 4.79 Å². The molecule has 0 aromatic heterocycles. The van der Waals surface area contributed by atoms with Crippen LogP contribution >= 0.6 is 0 Å². The summed E-state index contributed by atoms with van der Waals surface area (Å²) >= 11 is 0. The van der Waals surface area contributed by atoms with Crippen molar-refractivity contribution in [2.45, 2.75) is 6.42 Å². The number of amides is 1. The second-order valence-corrected chi connectivity index (χ2v) is 3.41. The zero-order chi connectivity index (χ0) is 10.6. The molecule has 3 nitrogen and oxygen atoms in total. The van der Waals surface area contributed by atoms with Crippen molar-refractivity contribution >= 4 is 11.6 Å². The van der Waals surface area contributed by atoms with Crippen molar-refractivity contribution in [2.75, 3.05) is 26.5 Å². The summed E-state index contributed by atoms with van der Waals surface area (Å²) in [6.07, 6.45) is 0.469. The Kier molecular flexibility index (Phi) is 3.51. The maximum atomic E-state index is 11.4. The Balaban J connectivity index is 2.64.